The molecule has 0 saturated heterocycles. The summed E-state index contributed by atoms with van der Waals surface area (Å²) in [7, 11) is 1.52. The van der Waals surface area contributed by atoms with Gasteiger partial charge in [-0.2, -0.15) is 15.0 Å². The zero-order chi connectivity index (χ0) is 14.5. The van der Waals surface area contributed by atoms with E-state index in [1.165, 1.54) is 13.3 Å². The van der Waals surface area contributed by atoms with Gasteiger partial charge in [-0.3, -0.25) is 0 Å². The van der Waals surface area contributed by atoms with Crippen molar-refractivity contribution < 1.29 is 4.74 Å². The maximum absolute atomic E-state index is 5.98. The van der Waals surface area contributed by atoms with Crippen LogP contribution in [0.25, 0.3) is 11.5 Å². The number of hydrogen-bond donors (Lipinski definition) is 0. The van der Waals surface area contributed by atoms with Crippen molar-refractivity contribution in [3.05, 3.63) is 17.7 Å². The summed E-state index contributed by atoms with van der Waals surface area (Å²) in [6, 6.07) is 0. The Morgan fingerprint density at radius 1 is 1.10 bits per heavy atom. The molecule has 0 aliphatic rings. The zero-order valence-corrected chi connectivity index (χ0v) is 12.3. The number of nitrogens with zero attached hydrogens (tertiary/aromatic N) is 6. The van der Waals surface area contributed by atoms with Crippen LogP contribution in [0.3, 0.4) is 0 Å². The van der Waals surface area contributed by atoms with Crippen LogP contribution in [0.4, 0.5) is 5.95 Å². The van der Waals surface area contributed by atoms with E-state index >= 15 is 0 Å². The van der Waals surface area contributed by atoms with E-state index in [1.807, 2.05) is 18.7 Å². The number of methoxy groups -OCH3 is 1. The Bertz CT molecular complexity index is 590. The highest BCUT2D eigenvalue weighted by Gasteiger charge is 2.16. The second kappa shape index (κ2) is 6.42. The van der Waals surface area contributed by atoms with E-state index in [4.69, 9.17) is 16.3 Å². The Kier molecular flexibility index (Phi) is 4.62. The maximum atomic E-state index is 5.98. The maximum Gasteiger partial charge on any atom is 0.243 e. The molecule has 2 aromatic heterocycles. The molecule has 0 spiro atoms. The fraction of sp³-hybridized carbons (Fsp3) is 0.417. The summed E-state index contributed by atoms with van der Waals surface area (Å²) in [5.41, 5.74) is 0.438. The van der Waals surface area contributed by atoms with E-state index in [1.54, 1.807) is 6.20 Å². The topological polar surface area (TPSA) is 76.9 Å². The fourth-order valence-electron chi connectivity index (χ4n) is 1.72. The molecule has 0 fully saturated rings. The summed E-state index contributed by atoms with van der Waals surface area (Å²) in [5.74, 6) is 1.20. The molecule has 0 saturated carbocycles. The molecular formula is C12H15ClN6O. The quantitative estimate of drug-likeness (QED) is 0.832. The van der Waals surface area contributed by atoms with E-state index in [0.29, 0.717) is 23.3 Å². The van der Waals surface area contributed by atoms with Crippen molar-refractivity contribution in [2.75, 3.05) is 25.1 Å². The van der Waals surface area contributed by atoms with Crippen molar-refractivity contribution in [1.29, 1.82) is 0 Å². The fourth-order valence-corrected chi connectivity index (χ4v) is 1.88. The first-order valence-corrected chi connectivity index (χ1v) is 6.59. The molecule has 20 heavy (non-hydrogen) atoms. The predicted molar refractivity (Wildman–Crippen MR) is 76.0 cm³/mol. The van der Waals surface area contributed by atoms with Crippen LogP contribution in [0, 0.1) is 0 Å². The highest BCUT2D eigenvalue weighted by atomic mass is 35.5. The van der Waals surface area contributed by atoms with Crippen molar-refractivity contribution >= 4 is 17.5 Å². The second-order valence-corrected chi connectivity index (χ2v) is 4.15. The Labute approximate surface area is 122 Å². The van der Waals surface area contributed by atoms with E-state index in [-0.39, 0.29) is 5.28 Å². The number of anilines is 1. The lowest BCUT2D eigenvalue weighted by atomic mass is 10.4. The highest BCUT2D eigenvalue weighted by molar-refractivity contribution is 6.28. The summed E-state index contributed by atoms with van der Waals surface area (Å²) in [6.07, 6.45) is 3.09. The third-order valence-electron chi connectivity index (χ3n) is 2.71. The lowest BCUT2D eigenvalue weighted by Gasteiger charge is -2.18. The van der Waals surface area contributed by atoms with E-state index in [9.17, 15) is 0 Å². The molecule has 0 amide bonds. The van der Waals surface area contributed by atoms with Gasteiger partial charge in [0.2, 0.25) is 17.1 Å². The van der Waals surface area contributed by atoms with Gasteiger partial charge in [-0.15, -0.1) is 0 Å². The molecule has 0 N–H and O–H groups in total. The molecule has 0 radical (unpaired) electrons. The molecule has 0 unspecified atom stereocenters. The van der Waals surface area contributed by atoms with E-state index in [2.05, 4.69) is 24.9 Å². The highest BCUT2D eigenvalue weighted by Crippen LogP contribution is 2.24. The van der Waals surface area contributed by atoms with Crippen molar-refractivity contribution in [3.63, 3.8) is 0 Å². The van der Waals surface area contributed by atoms with Crippen LogP contribution in [0.15, 0.2) is 12.4 Å². The first-order valence-electron chi connectivity index (χ1n) is 6.21. The molecule has 0 atom stereocenters. The lowest BCUT2D eigenvalue weighted by molar-refractivity contribution is 0.397. The Hall–Kier alpha value is -2.02. The minimum atomic E-state index is 0.115. The number of rotatable bonds is 5. The molecule has 2 rings (SSSR count). The van der Waals surface area contributed by atoms with Crippen molar-refractivity contribution in [1.82, 2.24) is 24.9 Å². The summed E-state index contributed by atoms with van der Waals surface area (Å²) >= 11 is 5.98. The van der Waals surface area contributed by atoms with Crippen molar-refractivity contribution in [3.8, 4) is 17.4 Å². The van der Waals surface area contributed by atoms with Gasteiger partial charge in [0, 0.05) is 25.5 Å². The third kappa shape index (κ3) is 2.93. The van der Waals surface area contributed by atoms with Gasteiger partial charge >= 0.3 is 0 Å². The van der Waals surface area contributed by atoms with Gasteiger partial charge in [-0.1, -0.05) is 0 Å². The second-order valence-electron chi connectivity index (χ2n) is 3.81. The number of ether oxygens (including phenoxy) is 1. The first-order chi connectivity index (χ1) is 9.69. The van der Waals surface area contributed by atoms with Crippen LogP contribution in [0.5, 0.6) is 5.88 Å². The molecule has 2 heterocycles. The summed E-state index contributed by atoms with van der Waals surface area (Å²) in [5, 5.41) is 0.115. The minimum absolute atomic E-state index is 0.115. The van der Waals surface area contributed by atoms with Gasteiger partial charge in [-0.05, 0) is 25.4 Å². The molecule has 2 aromatic rings. The minimum Gasteiger partial charge on any atom is -0.479 e. The van der Waals surface area contributed by atoms with Gasteiger partial charge in [0.05, 0.1) is 7.11 Å². The Morgan fingerprint density at radius 3 is 2.45 bits per heavy atom. The Morgan fingerprint density at radius 2 is 1.80 bits per heavy atom. The van der Waals surface area contributed by atoms with Crippen LogP contribution >= 0.6 is 11.6 Å². The lowest BCUT2D eigenvalue weighted by Crippen LogP contribution is -2.24. The van der Waals surface area contributed by atoms with Crippen LogP contribution in [0.1, 0.15) is 13.8 Å². The zero-order valence-electron chi connectivity index (χ0n) is 11.5. The van der Waals surface area contributed by atoms with Gasteiger partial charge in [0.1, 0.15) is 0 Å². The van der Waals surface area contributed by atoms with Gasteiger partial charge in [-0.25, -0.2) is 9.97 Å². The Balaban J connectivity index is 2.52. The molecular weight excluding hydrogens is 280 g/mol. The van der Waals surface area contributed by atoms with E-state index < -0.39 is 0 Å². The monoisotopic (exact) mass is 294 g/mol. The molecule has 8 heteroatoms. The molecule has 0 aliphatic heterocycles. The molecule has 0 aliphatic carbocycles. The normalized spacial score (nSPS) is 10.4. The standard InChI is InChI=1S/C12H15ClN6O/c1-4-19(5-2)12-17-9(16-11(13)18-12)8-10(20-3)15-7-6-14-8/h6-7H,4-5H2,1-3H3. The third-order valence-corrected chi connectivity index (χ3v) is 2.88. The number of hydrogen-bond acceptors (Lipinski definition) is 7. The predicted octanol–water partition coefficient (Wildman–Crippen LogP) is 1.84. The van der Waals surface area contributed by atoms with Crippen LogP contribution in [0.2, 0.25) is 5.28 Å². The first kappa shape index (κ1) is 14.4. The average molecular weight is 295 g/mol. The molecule has 7 nitrogen and oxygen atoms in total. The van der Waals surface area contributed by atoms with Crippen LogP contribution < -0.4 is 9.64 Å². The number of aromatic nitrogens is 5. The van der Waals surface area contributed by atoms with Gasteiger partial charge in [0.25, 0.3) is 0 Å². The summed E-state index contributed by atoms with van der Waals surface area (Å²) in [6.45, 7) is 5.58. The average Bonchev–Trinajstić information content (AvgIpc) is 2.48. The molecule has 0 bridgehead atoms. The molecule has 0 aromatic carbocycles. The smallest absolute Gasteiger partial charge is 0.243 e. The molecule has 106 valence electrons. The van der Waals surface area contributed by atoms with Gasteiger partial charge in [0.15, 0.2) is 11.5 Å². The van der Waals surface area contributed by atoms with Crippen LogP contribution in [-0.2, 0) is 0 Å². The van der Waals surface area contributed by atoms with Crippen molar-refractivity contribution in [2.24, 2.45) is 0 Å². The number of halogens is 1. The van der Waals surface area contributed by atoms with Crippen LogP contribution in [-0.4, -0.2) is 45.1 Å². The van der Waals surface area contributed by atoms with E-state index in [0.717, 1.165) is 13.1 Å². The van der Waals surface area contributed by atoms with Crippen molar-refractivity contribution in [2.45, 2.75) is 13.8 Å². The van der Waals surface area contributed by atoms with Gasteiger partial charge < -0.3 is 9.64 Å². The largest absolute Gasteiger partial charge is 0.479 e. The summed E-state index contributed by atoms with van der Waals surface area (Å²) in [4.78, 5) is 22.9. The SMILES string of the molecule is CCN(CC)c1nc(Cl)nc(-c2nccnc2OC)n1. The summed E-state index contributed by atoms with van der Waals surface area (Å²) < 4.78 is 5.16.